The summed E-state index contributed by atoms with van der Waals surface area (Å²) in [6.07, 6.45) is 4.99. The lowest BCUT2D eigenvalue weighted by Gasteiger charge is -2.13. The molecule has 1 amide bonds. The summed E-state index contributed by atoms with van der Waals surface area (Å²) in [6.45, 7) is 5.04. The van der Waals surface area contributed by atoms with E-state index in [9.17, 15) is 4.79 Å². The normalized spacial score (nSPS) is 11.0. The van der Waals surface area contributed by atoms with E-state index in [-0.39, 0.29) is 5.91 Å². The number of aromatic nitrogens is 4. The van der Waals surface area contributed by atoms with Gasteiger partial charge in [0.15, 0.2) is 23.0 Å². The molecular weight excluding hydrogens is 418 g/mol. The molecule has 0 bridgehead atoms. The van der Waals surface area contributed by atoms with Gasteiger partial charge in [-0.25, -0.2) is 9.67 Å². The number of nitrogens with one attached hydrogen (secondary N) is 1. The quantitative estimate of drug-likeness (QED) is 0.420. The van der Waals surface area contributed by atoms with Crippen molar-refractivity contribution in [3.63, 3.8) is 0 Å². The number of aryl methyl sites for hydroxylation is 3. The van der Waals surface area contributed by atoms with Gasteiger partial charge in [-0.2, -0.15) is 5.10 Å². The lowest BCUT2D eigenvalue weighted by molar-refractivity contribution is -0.121. The highest BCUT2D eigenvalue weighted by molar-refractivity contribution is 5.87. The van der Waals surface area contributed by atoms with Gasteiger partial charge in [0.1, 0.15) is 0 Å². The zero-order valence-corrected chi connectivity index (χ0v) is 19.5. The van der Waals surface area contributed by atoms with Gasteiger partial charge < -0.3 is 19.4 Å². The number of carbonyl (C=O) groups excluding carboxylic acids is 1. The van der Waals surface area contributed by atoms with Crippen LogP contribution in [0.15, 0.2) is 48.8 Å². The Balaban J connectivity index is 1.43. The zero-order chi connectivity index (χ0) is 23.4. The molecule has 3 aromatic heterocycles. The van der Waals surface area contributed by atoms with Crippen molar-refractivity contribution in [1.82, 2.24) is 24.6 Å². The molecular formula is C25H29N5O3. The first-order valence-corrected chi connectivity index (χ1v) is 11.0. The summed E-state index contributed by atoms with van der Waals surface area (Å²) < 4.78 is 14.7. The fourth-order valence-corrected chi connectivity index (χ4v) is 4.07. The number of methoxy groups -OCH3 is 2. The van der Waals surface area contributed by atoms with Crippen LogP contribution in [0.25, 0.3) is 16.9 Å². The van der Waals surface area contributed by atoms with E-state index in [1.165, 1.54) is 0 Å². The molecule has 8 nitrogen and oxygen atoms in total. The minimum absolute atomic E-state index is 0.0257. The molecule has 0 aliphatic carbocycles. The van der Waals surface area contributed by atoms with Crippen molar-refractivity contribution in [3.8, 4) is 17.3 Å². The molecule has 0 spiro atoms. The summed E-state index contributed by atoms with van der Waals surface area (Å²) in [6, 6.07) is 11.6. The molecule has 33 heavy (non-hydrogen) atoms. The smallest absolute Gasteiger partial charge is 0.220 e. The molecule has 4 rings (SSSR count). The Morgan fingerprint density at radius 1 is 1.09 bits per heavy atom. The second-order valence-electron chi connectivity index (χ2n) is 7.95. The molecule has 0 fully saturated rings. The van der Waals surface area contributed by atoms with Gasteiger partial charge in [-0.3, -0.25) is 4.79 Å². The number of hydrogen-bond donors (Lipinski definition) is 1. The molecule has 0 aliphatic rings. The van der Waals surface area contributed by atoms with E-state index in [1.807, 2.05) is 58.9 Å². The molecule has 0 saturated heterocycles. The molecule has 0 aliphatic heterocycles. The third-order valence-electron chi connectivity index (χ3n) is 5.59. The van der Waals surface area contributed by atoms with Crippen molar-refractivity contribution >= 4 is 16.9 Å². The third-order valence-corrected chi connectivity index (χ3v) is 5.59. The average molecular weight is 448 g/mol. The van der Waals surface area contributed by atoms with E-state index in [0.717, 1.165) is 33.7 Å². The molecule has 0 unspecified atom stereocenters. The van der Waals surface area contributed by atoms with Crippen LogP contribution in [0, 0.1) is 13.8 Å². The van der Waals surface area contributed by atoms with E-state index in [2.05, 4.69) is 18.3 Å². The van der Waals surface area contributed by atoms with E-state index < -0.39 is 0 Å². The first-order valence-electron chi connectivity index (χ1n) is 11.0. The SMILES string of the molecule is COc1cccc(CNC(=O)CCCn2nc(-n3cccc3)c3c(C)cc(C)nc32)c1OC. The molecule has 3 heterocycles. The monoisotopic (exact) mass is 447 g/mol. The van der Waals surface area contributed by atoms with E-state index in [4.69, 9.17) is 19.6 Å². The number of rotatable bonds is 9. The van der Waals surface area contributed by atoms with Gasteiger partial charge in [0, 0.05) is 43.2 Å². The van der Waals surface area contributed by atoms with E-state index >= 15 is 0 Å². The van der Waals surface area contributed by atoms with Crippen LogP contribution < -0.4 is 14.8 Å². The molecule has 4 aromatic rings. The summed E-state index contributed by atoms with van der Waals surface area (Å²) in [7, 11) is 3.19. The van der Waals surface area contributed by atoms with Crippen LogP contribution in [0.5, 0.6) is 11.5 Å². The molecule has 8 heteroatoms. The van der Waals surface area contributed by atoms with Crippen LogP contribution in [0.4, 0.5) is 0 Å². The Labute approximate surface area is 193 Å². The minimum Gasteiger partial charge on any atom is -0.493 e. The number of fused-ring (bicyclic) bond motifs is 1. The number of nitrogens with zero attached hydrogens (tertiary/aromatic N) is 4. The second-order valence-corrected chi connectivity index (χ2v) is 7.95. The molecule has 0 atom stereocenters. The van der Waals surface area contributed by atoms with Gasteiger partial charge in [0.05, 0.1) is 19.6 Å². The standard InChI is InChI=1S/C25H29N5O3/c1-17-15-18(2)27-24-22(17)25(29-12-5-6-13-29)28-30(24)14-8-11-21(31)26-16-19-9-7-10-20(32-3)23(19)33-4/h5-7,9-10,12-13,15H,8,11,14,16H2,1-4H3,(H,26,31). The van der Waals surface area contributed by atoms with Gasteiger partial charge in [-0.15, -0.1) is 0 Å². The van der Waals surface area contributed by atoms with Gasteiger partial charge in [-0.05, 0) is 50.1 Å². The third kappa shape index (κ3) is 4.69. The highest BCUT2D eigenvalue weighted by atomic mass is 16.5. The van der Waals surface area contributed by atoms with Gasteiger partial charge in [0.2, 0.25) is 5.91 Å². The first-order chi connectivity index (χ1) is 16.0. The van der Waals surface area contributed by atoms with Gasteiger partial charge in [-0.1, -0.05) is 12.1 Å². The summed E-state index contributed by atoms with van der Waals surface area (Å²) in [5.41, 5.74) is 3.80. The van der Waals surface area contributed by atoms with Crippen molar-refractivity contribution in [2.24, 2.45) is 0 Å². The maximum Gasteiger partial charge on any atom is 0.220 e. The molecule has 0 radical (unpaired) electrons. The summed E-state index contributed by atoms with van der Waals surface area (Å²) in [4.78, 5) is 17.2. The van der Waals surface area contributed by atoms with Crippen LogP contribution in [0.1, 0.15) is 29.7 Å². The molecule has 0 saturated carbocycles. The number of hydrogen-bond acceptors (Lipinski definition) is 5. The van der Waals surface area contributed by atoms with E-state index in [1.54, 1.807) is 14.2 Å². The fourth-order valence-electron chi connectivity index (χ4n) is 4.07. The summed E-state index contributed by atoms with van der Waals surface area (Å²) >= 11 is 0. The van der Waals surface area contributed by atoms with Crippen LogP contribution >= 0.6 is 0 Å². The molecule has 1 N–H and O–H groups in total. The number of pyridine rings is 1. The second kappa shape index (κ2) is 9.77. The van der Waals surface area contributed by atoms with E-state index in [0.29, 0.717) is 37.4 Å². The minimum atomic E-state index is -0.0257. The topological polar surface area (TPSA) is 83.2 Å². The highest BCUT2D eigenvalue weighted by Gasteiger charge is 2.16. The number of para-hydroxylation sites is 1. The Morgan fingerprint density at radius 2 is 1.88 bits per heavy atom. The number of amides is 1. The number of carbonyl (C=O) groups is 1. The highest BCUT2D eigenvalue weighted by Crippen LogP contribution is 2.30. The molecule has 172 valence electrons. The first kappa shape index (κ1) is 22.4. The Kier molecular flexibility index (Phi) is 6.63. The largest absolute Gasteiger partial charge is 0.493 e. The lowest BCUT2D eigenvalue weighted by Crippen LogP contribution is -2.23. The van der Waals surface area contributed by atoms with Crippen molar-refractivity contribution in [2.45, 2.75) is 39.8 Å². The van der Waals surface area contributed by atoms with Gasteiger partial charge >= 0.3 is 0 Å². The summed E-state index contributed by atoms with van der Waals surface area (Å²) in [5, 5.41) is 8.82. The predicted molar refractivity (Wildman–Crippen MR) is 127 cm³/mol. The Hall–Kier alpha value is -3.81. The van der Waals surface area contributed by atoms with Gasteiger partial charge in [0.25, 0.3) is 0 Å². The maximum atomic E-state index is 12.5. The number of benzene rings is 1. The number of ether oxygens (including phenoxy) is 2. The maximum absolute atomic E-state index is 12.5. The Morgan fingerprint density at radius 3 is 2.61 bits per heavy atom. The summed E-state index contributed by atoms with van der Waals surface area (Å²) in [5.74, 6) is 2.11. The fraction of sp³-hybridized carbons (Fsp3) is 0.320. The molecule has 1 aromatic carbocycles. The Bertz CT molecular complexity index is 1260. The van der Waals surface area contributed by atoms with Crippen molar-refractivity contribution in [1.29, 1.82) is 0 Å². The van der Waals surface area contributed by atoms with Crippen LogP contribution in [0.2, 0.25) is 0 Å². The van der Waals surface area contributed by atoms with Crippen LogP contribution in [-0.4, -0.2) is 39.5 Å². The van der Waals surface area contributed by atoms with Crippen LogP contribution in [-0.2, 0) is 17.9 Å². The predicted octanol–water partition coefficient (Wildman–Crippen LogP) is 3.95. The lowest BCUT2D eigenvalue weighted by atomic mass is 10.1. The van der Waals surface area contributed by atoms with Crippen molar-refractivity contribution in [2.75, 3.05) is 14.2 Å². The van der Waals surface area contributed by atoms with Crippen molar-refractivity contribution < 1.29 is 14.3 Å². The van der Waals surface area contributed by atoms with Crippen LogP contribution in [0.3, 0.4) is 0 Å². The van der Waals surface area contributed by atoms with Crippen molar-refractivity contribution in [3.05, 3.63) is 65.6 Å². The zero-order valence-electron chi connectivity index (χ0n) is 19.5. The average Bonchev–Trinajstić information content (AvgIpc) is 3.45.